The molecule has 0 bridgehead atoms. The molecule has 0 radical (unpaired) electrons. The fraction of sp³-hybridized carbons (Fsp3) is 0.143. The zero-order valence-electron chi connectivity index (χ0n) is 9.37. The average Bonchev–Trinajstić information content (AvgIpc) is 2.68. The van der Waals surface area contributed by atoms with Crippen molar-refractivity contribution < 1.29 is 0 Å². The first kappa shape index (κ1) is 11.8. The van der Waals surface area contributed by atoms with E-state index in [2.05, 4.69) is 93.1 Å². The fourth-order valence-corrected chi connectivity index (χ4v) is 3.60. The molecule has 0 aliphatic rings. The molecule has 3 heteroatoms. The number of aromatic nitrogens is 1. The summed E-state index contributed by atoms with van der Waals surface area (Å²) >= 11 is 4.87. The molecule has 0 spiro atoms. The van der Waals surface area contributed by atoms with Gasteiger partial charge in [-0.1, -0.05) is 24.3 Å². The van der Waals surface area contributed by atoms with Crippen molar-refractivity contribution >= 4 is 67.0 Å². The number of aryl methyl sites for hydroxylation is 1. The number of fused-ring (bicyclic) bond motifs is 3. The topological polar surface area (TPSA) is 4.93 Å². The summed E-state index contributed by atoms with van der Waals surface area (Å²) in [7, 11) is 0. The lowest BCUT2D eigenvalue weighted by Crippen LogP contribution is -1.95. The minimum absolute atomic E-state index is 1.01. The molecule has 0 saturated carbocycles. The van der Waals surface area contributed by atoms with Gasteiger partial charge in [-0.3, -0.25) is 0 Å². The number of nitrogens with zero attached hydrogens (tertiary/aromatic N) is 1. The van der Waals surface area contributed by atoms with Gasteiger partial charge in [-0.15, -0.1) is 0 Å². The van der Waals surface area contributed by atoms with Gasteiger partial charge in [-0.2, -0.15) is 0 Å². The number of hydrogen-bond acceptors (Lipinski definition) is 0. The highest BCUT2D eigenvalue weighted by atomic mass is 127. The van der Waals surface area contributed by atoms with E-state index in [0.29, 0.717) is 0 Å². The minimum atomic E-state index is 1.01. The van der Waals surface area contributed by atoms with Gasteiger partial charge in [0.2, 0.25) is 0 Å². The summed E-state index contributed by atoms with van der Waals surface area (Å²) < 4.78 is 5.10. The van der Waals surface area contributed by atoms with E-state index in [1.54, 1.807) is 0 Å². The van der Waals surface area contributed by atoms with Gasteiger partial charge >= 0.3 is 0 Å². The molecule has 0 aliphatic carbocycles. The molecule has 0 N–H and O–H groups in total. The van der Waals surface area contributed by atoms with E-state index < -0.39 is 0 Å². The zero-order chi connectivity index (χ0) is 12.0. The lowest BCUT2D eigenvalue weighted by Gasteiger charge is -2.05. The summed E-state index contributed by atoms with van der Waals surface area (Å²) in [6.07, 6.45) is 0. The summed E-state index contributed by atoms with van der Waals surface area (Å²) in [6.45, 7) is 3.22. The van der Waals surface area contributed by atoms with Crippen LogP contribution in [0.1, 0.15) is 6.92 Å². The van der Waals surface area contributed by atoms with Crippen molar-refractivity contribution in [2.45, 2.75) is 13.5 Å². The van der Waals surface area contributed by atoms with E-state index in [9.17, 15) is 0 Å². The van der Waals surface area contributed by atoms with Gasteiger partial charge in [0.15, 0.2) is 0 Å². The van der Waals surface area contributed by atoms with Crippen LogP contribution in [-0.4, -0.2) is 4.57 Å². The summed E-state index contributed by atoms with van der Waals surface area (Å²) in [4.78, 5) is 0. The molecule has 0 fully saturated rings. The van der Waals surface area contributed by atoms with Gasteiger partial charge in [0.25, 0.3) is 0 Å². The normalized spacial score (nSPS) is 11.5. The predicted molar refractivity (Wildman–Crippen MR) is 90.6 cm³/mol. The van der Waals surface area contributed by atoms with Crippen molar-refractivity contribution in [3.05, 3.63) is 43.5 Å². The van der Waals surface area contributed by atoms with Crippen molar-refractivity contribution in [3.63, 3.8) is 0 Å². The molecule has 3 rings (SSSR count). The Bertz CT molecular complexity index is 713. The Balaban J connectivity index is 2.63. The van der Waals surface area contributed by atoms with Crippen molar-refractivity contribution in [2.24, 2.45) is 0 Å². The van der Waals surface area contributed by atoms with E-state index >= 15 is 0 Å². The minimum Gasteiger partial charge on any atom is -0.340 e. The molecule has 1 nitrogen and oxygen atoms in total. The molecular formula is C14H11I2N. The van der Waals surface area contributed by atoms with Crippen LogP contribution in [0.3, 0.4) is 0 Å². The maximum atomic E-state index is 2.46. The Hall–Kier alpha value is -0.300. The van der Waals surface area contributed by atoms with Crippen LogP contribution in [0.15, 0.2) is 36.4 Å². The number of hydrogen-bond donors (Lipinski definition) is 0. The second-order valence-corrected chi connectivity index (χ2v) is 6.26. The lowest BCUT2D eigenvalue weighted by atomic mass is 10.2. The fourth-order valence-electron chi connectivity index (χ4n) is 2.41. The largest absolute Gasteiger partial charge is 0.340 e. The van der Waals surface area contributed by atoms with E-state index in [1.165, 1.54) is 28.9 Å². The predicted octanol–water partition coefficient (Wildman–Crippen LogP) is 5.02. The van der Waals surface area contributed by atoms with Crippen molar-refractivity contribution in [1.29, 1.82) is 0 Å². The molecular weight excluding hydrogens is 436 g/mol. The third kappa shape index (κ3) is 1.69. The third-order valence-electron chi connectivity index (χ3n) is 3.14. The molecule has 1 heterocycles. The van der Waals surface area contributed by atoms with E-state index in [-0.39, 0.29) is 0 Å². The molecule has 0 unspecified atom stereocenters. The third-order valence-corrected chi connectivity index (χ3v) is 6.16. The molecule has 1 aromatic heterocycles. The number of rotatable bonds is 1. The second-order valence-electron chi connectivity index (χ2n) is 4.02. The Morgan fingerprint density at radius 3 is 2.53 bits per heavy atom. The van der Waals surface area contributed by atoms with Crippen LogP contribution < -0.4 is 0 Å². The van der Waals surface area contributed by atoms with Crippen LogP contribution >= 0.6 is 45.2 Å². The number of benzene rings is 2. The highest BCUT2D eigenvalue weighted by molar-refractivity contribution is 14.1. The summed E-state index contributed by atoms with van der Waals surface area (Å²) in [5, 5.41) is 2.73. The van der Waals surface area contributed by atoms with Crippen LogP contribution in [-0.2, 0) is 6.54 Å². The van der Waals surface area contributed by atoms with Gasteiger partial charge in [0.1, 0.15) is 0 Å². The summed E-state index contributed by atoms with van der Waals surface area (Å²) in [6, 6.07) is 13.1. The first-order chi connectivity index (χ1) is 8.24. The molecule has 0 amide bonds. The molecule has 0 atom stereocenters. The Labute approximate surface area is 127 Å². The SMILES string of the molecule is CCn1c2ccccc2c2ccc(I)c(I)c21. The van der Waals surface area contributed by atoms with E-state index in [0.717, 1.165) is 6.54 Å². The molecule has 0 saturated heterocycles. The summed E-state index contributed by atoms with van der Waals surface area (Å²) in [5.41, 5.74) is 2.71. The summed E-state index contributed by atoms with van der Waals surface area (Å²) in [5.74, 6) is 0. The first-order valence-electron chi connectivity index (χ1n) is 5.59. The lowest BCUT2D eigenvalue weighted by molar-refractivity contribution is 0.825. The Morgan fingerprint density at radius 1 is 1.00 bits per heavy atom. The maximum Gasteiger partial charge on any atom is 0.0637 e. The molecule has 2 aromatic carbocycles. The quantitative estimate of drug-likeness (QED) is 0.462. The number of halogens is 2. The van der Waals surface area contributed by atoms with Gasteiger partial charge in [-0.25, -0.2) is 0 Å². The molecule has 17 heavy (non-hydrogen) atoms. The Kier molecular flexibility index (Phi) is 3.06. The molecule has 3 aromatic rings. The standard InChI is InChI=1S/C14H11I2N/c1-2-17-12-6-4-3-5-9(12)10-7-8-11(15)13(16)14(10)17/h3-8H,2H2,1H3. The Morgan fingerprint density at radius 2 is 1.76 bits per heavy atom. The van der Waals surface area contributed by atoms with Gasteiger partial charge in [0, 0.05) is 26.4 Å². The van der Waals surface area contributed by atoms with Crippen LogP contribution in [0.5, 0.6) is 0 Å². The van der Waals surface area contributed by atoms with Crippen LogP contribution in [0, 0.1) is 7.14 Å². The van der Waals surface area contributed by atoms with Crippen LogP contribution in [0.2, 0.25) is 0 Å². The smallest absolute Gasteiger partial charge is 0.0637 e. The van der Waals surface area contributed by atoms with Crippen molar-refractivity contribution in [3.8, 4) is 0 Å². The zero-order valence-corrected chi connectivity index (χ0v) is 13.7. The molecule has 86 valence electrons. The van der Waals surface area contributed by atoms with Crippen molar-refractivity contribution in [2.75, 3.05) is 0 Å². The second kappa shape index (κ2) is 4.42. The first-order valence-corrected chi connectivity index (χ1v) is 7.74. The van der Waals surface area contributed by atoms with Crippen molar-refractivity contribution in [1.82, 2.24) is 4.57 Å². The highest BCUT2D eigenvalue weighted by Crippen LogP contribution is 2.33. The monoisotopic (exact) mass is 447 g/mol. The van der Waals surface area contributed by atoms with Gasteiger partial charge in [-0.05, 0) is 64.2 Å². The maximum absolute atomic E-state index is 2.46. The van der Waals surface area contributed by atoms with Gasteiger partial charge in [0.05, 0.1) is 9.09 Å². The van der Waals surface area contributed by atoms with E-state index in [1.807, 2.05) is 0 Å². The van der Waals surface area contributed by atoms with Crippen LogP contribution in [0.4, 0.5) is 0 Å². The van der Waals surface area contributed by atoms with E-state index in [4.69, 9.17) is 0 Å². The average molecular weight is 447 g/mol. The molecule has 0 aliphatic heterocycles. The van der Waals surface area contributed by atoms with Crippen LogP contribution in [0.25, 0.3) is 21.8 Å². The van der Waals surface area contributed by atoms with Gasteiger partial charge < -0.3 is 4.57 Å². The number of para-hydroxylation sites is 1. The highest BCUT2D eigenvalue weighted by Gasteiger charge is 2.12.